The minimum absolute atomic E-state index is 0.344. The molecule has 0 saturated carbocycles. The Bertz CT molecular complexity index is 1030. The van der Waals surface area contributed by atoms with Gasteiger partial charge in [-0.25, -0.2) is 0 Å². The van der Waals surface area contributed by atoms with Crippen LogP contribution in [0, 0.1) is 0 Å². The zero-order valence-corrected chi connectivity index (χ0v) is 18.1. The van der Waals surface area contributed by atoms with E-state index in [0.717, 1.165) is 5.56 Å². The van der Waals surface area contributed by atoms with Crippen molar-refractivity contribution in [2.75, 3.05) is 34.5 Å². The van der Waals surface area contributed by atoms with Crippen molar-refractivity contribution in [1.29, 1.82) is 0 Å². The molecule has 0 saturated heterocycles. The van der Waals surface area contributed by atoms with Gasteiger partial charge in [0.2, 0.25) is 11.6 Å². The number of hydrogen-bond acceptors (Lipinski definition) is 9. The van der Waals surface area contributed by atoms with E-state index in [0.29, 0.717) is 69.4 Å². The van der Waals surface area contributed by atoms with Gasteiger partial charge in [-0.2, -0.15) is 0 Å². The normalized spacial score (nSPS) is 12.5. The molecular formula is C20H19ClN2O6S. The van der Waals surface area contributed by atoms with Gasteiger partial charge in [-0.15, -0.1) is 10.2 Å². The predicted octanol–water partition coefficient (Wildman–Crippen LogP) is 4.48. The van der Waals surface area contributed by atoms with Gasteiger partial charge in [-0.3, -0.25) is 0 Å². The van der Waals surface area contributed by atoms with Gasteiger partial charge in [0.1, 0.15) is 13.2 Å². The second kappa shape index (κ2) is 8.93. The van der Waals surface area contributed by atoms with E-state index in [2.05, 4.69) is 10.2 Å². The summed E-state index contributed by atoms with van der Waals surface area (Å²) in [6.45, 7) is 0.994. The van der Waals surface area contributed by atoms with Gasteiger partial charge in [0, 0.05) is 11.3 Å². The highest BCUT2D eigenvalue weighted by atomic mass is 35.5. The molecule has 0 spiro atoms. The summed E-state index contributed by atoms with van der Waals surface area (Å²) in [7, 11) is 4.65. The standard InChI is InChI=1S/C20H19ClN2O6S/c1-24-14-8-12(9-15(25-2)18(14)26-3)19-22-23-20(29-19)30-10-11-6-13(21)17-16(7-11)27-4-5-28-17/h6-9H,4-5,10H2,1-3H3. The molecule has 8 nitrogen and oxygen atoms in total. The van der Waals surface area contributed by atoms with Crippen LogP contribution in [-0.2, 0) is 5.75 Å². The zero-order valence-electron chi connectivity index (χ0n) is 16.6. The Labute approximate surface area is 182 Å². The van der Waals surface area contributed by atoms with E-state index in [1.807, 2.05) is 12.1 Å². The van der Waals surface area contributed by atoms with Crippen LogP contribution in [0.25, 0.3) is 11.5 Å². The number of rotatable bonds is 7. The van der Waals surface area contributed by atoms with Crippen LogP contribution in [0.5, 0.6) is 28.7 Å². The lowest BCUT2D eigenvalue weighted by Crippen LogP contribution is -2.15. The number of fused-ring (bicyclic) bond motifs is 1. The fraction of sp³-hybridized carbons (Fsp3) is 0.300. The molecule has 3 aromatic rings. The summed E-state index contributed by atoms with van der Waals surface area (Å²) in [6, 6.07) is 7.26. The van der Waals surface area contributed by atoms with Crippen LogP contribution in [-0.4, -0.2) is 44.7 Å². The third-order valence-corrected chi connectivity index (χ3v) is 5.51. The van der Waals surface area contributed by atoms with Gasteiger partial charge in [-0.1, -0.05) is 23.4 Å². The molecule has 0 amide bonds. The van der Waals surface area contributed by atoms with Crippen molar-refractivity contribution in [3.63, 3.8) is 0 Å². The summed E-state index contributed by atoms with van der Waals surface area (Å²) in [5.41, 5.74) is 1.62. The van der Waals surface area contributed by atoms with E-state index in [1.54, 1.807) is 33.5 Å². The molecule has 2 aromatic carbocycles. The van der Waals surface area contributed by atoms with Crippen molar-refractivity contribution in [3.8, 4) is 40.2 Å². The maximum atomic E-state index is 6.30. The Morgan fingerprint density at radius 3 is 2.40 bits per heavy atom. The number of methoxy groups -OCH3 is 3. The average Bonchev–Trinajstić information content (AvgIpc) is 3.25. The van der Waals surface area contributed by atoms with E-state index in [-0.39, 0.29) is 0 Å². The third-order valence-electron chi connectivity index (χ3n) is 4.34. The topological polar surface area (TPSA) is 85.1 Å². The lowest BCUT2D eigenvalue weighted by atomic mass is 10.2. The number of nitrogens with zero attached hydrogens (tertiary/aromatic N) is 2. The number of aromatic nitrogens is 2. The molecule has 1 aliphatic rings. The summed E-state index contributed by atoms with van der Waals surface area (Å²) in [4.78, 5) is 0. The fourth-order valence-electron chi connectivity index (χ4n) is 2.98. The molecule has 10 heteroatoms. The number of ether oxygens (including phenoxy) is 5. The van der Waals surface area contributed by atoms with E-state index in [4.69, 9.17) is 39.7 Å². The van der Waals surface area contributed by atoms with Gasteiger partial charge in [0.15, 0.2) is 23.0 Å². The molecule has 0 fully saturated rings. The van der Waals surface area contributed by atoms with Crippen molar-refractivity contribution in [2.45, 2.75) is 11.0 Å². The van der Waals surface area contributed by atoms with Crippen LogP contribution < -0.4 is 23.7 Å². The van der Waals surface area contributed by atoms with Crippen molar-refractivity contribution in [2.24, 2.45) is 0 Å². The van der Waals surface area contributed by atoms with Gasteiger partial charge < -0.3 is 28.1 Å². The second-order valence-electron chi connectivity index (χ2n) is 6.18. The van der Waals surface area contributed by atoms with Gasteiger partial charge in [0.25, 0.3) is 5.22 Å². The van der Waals surface area contributed by atoms with Crippen LogP contribution >= 0.6 is 23.4 Å². The molecule has 0 atom stereocenters. The SMILES string of the molecule is COc1cc(-c2nnc(SCc3cc(Cl)c4c(c3)OCCO4)o2)cc(OC)c1OC. The summed E-state index contributed by atoms with van der Waals surface area (Å²) in [5, 5.41) is 9.19. The first kappa shape index (κ1) is 20.5. The lowest BCUT2D eigenvalue weighted by Gasteiger charge is -2.20. The maximum absolute atomic E-state index is 6.30. The average molecular weight is 451 g/mol. The number of benzene rings is 2. The molecule has 0 N–H and O–H groups in total. The molecule has 2 heterocycles. The van der Waals surface area contributed by atoms with Gasteiger partial charge in [0.05, 0.1) is 26.4 Å². The quantitative estimate of drug-likeness (QED) is 0.483. The second-order valence-corrected chi connectivity index (χ2v) is 7.51. The Hall–Kier alpha value is -2.78. The summed E-state index contributed by atoms with van der Waals surface area (Å²) in [6.07, 6.45) is 0. The number of hydrogen-bond donors (Lipinski definition) is 0. The maximum Gasteiger partial charge on any atom is 0.277 e. The van der Waals surface area contributed by atoms with Crippen molar-refractivity contribution >= 4 is 23.4 Å². The summed E-state index contributed by atoms with van der Waals surface area (Å²) < 4.78 is 33.1. The van der Waals surface area contributed by atoms with Crippen LogP contribution in [0.1, 0.15) is 5.56 Å². The largest absolute Gasteiger partial charge is 0.493 e. The highest BCUT2D eigenvalue weighted by molar-refractivity contribution is 7.98. The molecule has 30 heavy (non-hydrogen) atoms. The van der Waals surface area contributed by atoms with Crippen LogP contribution in [0.15, 0.2) is 33.9 Å². The summed E-state index contributed by atoms with van der Waals surface area (Å²) in [5.74, 6) is 3.65. The summed E-state index contributed by atoms with van der Waals surface area (Å²) >= 11 is 7.69. The van der Waals surface area contributed by atoms with E-state index >= 15 is 0 Å². The van der Waals surface area contributed by atoms with Crippen LogP contribution in [0.4, 0.5) is 0 Å². The fourth-order valence-corrected chi connectivity index (χ4v) is 3.96. The highest BCUT2D eigenvalue weighted by Crippen LogP contribution is 2.42. The minimum atomic E-state index is 0.344. The Kier molecular flexibility index (Phi) is 6.10. The van der Waals surface area contributed by atoms with Gasteiger partial charge in [-0.05, 0) is 29.8 Å². The first-order valence-electron chi connectivity index (χ1n) is 8.97. The predicted molar refractivity (Wildman–Crippen MR) is 111 cm³/mol. The first-order chi connectivity index (χ1) is 14.6. The van der Waals surface area contributed by atoms with Crippen molar-refractivity contribution in [1.82, 2.24) is 10.2 Å². The van der Waals surface area contributed by atoms with E-state index in [9.17, 15) is 0 Å². The molecule has 0 unspecified atom stereocenters. The van der Waals surface area contributed by atoms with E-state index in [1.165, 1.54) is 11.8 Å². The van der Waals surface area contributed by atoms with E-state index < -0.39 is 0 Å². The van der Waals surface area contributed by atoms with Crippen LogP contribution in [0.3, 0.4) is 0 Å². The Morgan fingerprint density at radius 2 is 1.70 bits per heavy atom. The molecule has 0 radical (unpaired) electrons. The molecule has 1 aliphatic heterocycles. The third kappa shape index (κ3) is 4.08. The molecule has 4 rings (SSSR count). The molecule has 0 aliphatic carbocycles. The van der Waals surface area contributed by atoms with Crippen molar-refractivity contribution in [3.05, 3.63) is 34.9 Å². The smallest absolute Gasteiger partial charge is 0.277 e. The molecule has 1 aromatic heterocycles. The molecular weight excluding hydrogens is 432 g/mol. The lowest BCUT2D eigenvalue weighted by molar-refractivity contribution is 0.171. The Morgan fingerprint density at radius 1 is 0.967 bits per heavy atom. The highest BCUT2D eigenvalue weighted by Gasteiger charge is 2.19. The molecule has 0 bridgehead atoms. The monoisotopic (exact) mass is 450 g/mol. The first-order valence-corrected chi connectivity index (χ1v) is 10.3. The van der Waals surface area contributed by atoms with Crippen molar-refractivity contribution < 1.29 is 28.1 Å². The molecule has 158 valence electrons. The zero-order chi connectivity index (χ0) is 21.1. The number of halogens is 1. The van der Waals surface area contributed by atoms with Crippen LogP contribution in [0.2, 0.25) is 5.02 Å². The Balaban J connectivity index is 1.52. The van der Waals surface area contributed by atoms with Gasteiger partial charge >= 0.3 is 0 Å². The number of thioether (sulfide) groups is 1. The minimum Gasteiger partial charge on any atom is -0.493 e.